The van der Waals surface area contributed by atoms with E-state index in [-0.39, 0.29) is 85.5 Å². The number of fused-ring (bicyclic) bond motifs is 2. The first-order valence-corrected chi connectivity index (χ1v) is 16.7. The number of carbonyl (C=O) groups is 9. The summed E-state index contributed by atoms with van der Waals surface area (Å²) in [5.41, 5.74) is 1.86. The second kappa shape index (κ2) is 14.4. The first-order valence-electron chi connectivity index (χ1n) is 16.7. The lowest BCUT2D eigenvalue weighted by molar-refractivity contribution is -0.138. The van der Waals surface area contributed by atoms with E-state index in [1.807, 2.05) is 0 Å². The highest BCUT2D eigenvalue weighted by Crippen LogP contribution is 2.34. The highest BCUT2D eigenvalue weighted by molar-refractivity contribution is 6.26. The molecule has 15 nitrogen and oxygen atoms in total. The van der Waals surface area contributed by atoms with Crippen LogP contribution in [0.5, 0.6) is 0 Å². The van der Waals surface area contributed by atoms with Gasteiger partial charge in [-0.3, -0.25) is 58.7 Å². The van der Waals surface area contributed by atoms with Crippen molar-refractivity contribution in [2.45, 2.75) is 89.3 Å². The maximum atomic E-state index is 13.2. The van der Waals surface area contributed by atoms with E-state index in [9.17, 15) is 43.2 Å². The summed E-state index contributed by atoms with van der Waals surface area (Å²) in [6.07, 6.45) is 4.33. The van der Waals surface area contributed by atoms with E-state index in [4.69, 9.17) is 0 Å². The fraction of sp³-hybridized carbons (Fsp3) is 0.400. The number of piperidine rings is 2. The van der Waals surface area contributed by atoms with Gasteiger partial charge in [0, 0.05) is 49.0 Å². The molecule has 2 fully saturated rings. The highest BCUT2D eigenvalue weighted by atomic mass is 16.2. The van der Waals surface area contributed by atoms with E-state index in [1.165, 1.54) is 17.0 Å². The molecule has 0 aromatic heterocycles. The van der Waals surface area contributed by atoms with Crippen molar-refractivity contribution in [3.05, 3.63) is 58.7 Å². The molecule has 2 saturated heterocycles. The molecule has 0 bridgehead atoms. The van der Waals surface area contributed by atoms with Gasteiger partial charge in [-0.1, -0.05) is 31.4 Å². The van der Waals surface area contributed by atoms with Crippen LogP contribution in [0.1, 0.15) is 107 Å². The number of hydrogen-bond donors (Lipinski definition) is 4. The average Bonchev–Trinajstić information content (AvgIpc) is 3.54. The SMILES string of the molecule is O=C1CCC(N2Cc3c(NC(=O)CCCCCCCC(=O)Nc4cccc5c4C(=O)N(C4CCC(=O)NC4=O)C5=O)cccc3C2=O)C(=O)N1. The Morgan fingerprint density at radius 1 is 0.640 bits per heavy atom. The standard InChI is InChI=1S/C35H36N6O9/c42-26(36-22-10-6-8-19-21(22)18-40(33(19)48)24-14-16-28(44)38-31(24)46)12-4-2-1-3-5-13-27(43)37-23-11-7-9-20-30(23)35(50)41(34(20)49)25-15-17-29(45)39-32(25)47/h6-11,24-25H,1-5,12-18H2,(H,36,42)(H,37,43)(H,38,44,46)(H,39,45,47). The molecular formula is C35H36N6O9. The third-order valence-corrected chi connectivity index (χ3v) is 9.41. The molecule has 4 aliphatic heterocycles. The fourth-order valence-corrected chi connectivity index (χ4v) is 6.85. The molecule has 0 saturated carbocycles. The summed E-state index contributed by atoms with van der Waals surface area (Å²) in [6.45, 7) is 0.159. The molecule has 0 aliphatic carbocycles. The number of carbonyl (C=O) groups excluding carboxylic acids is 9. The Balaban J connectivity index is 0.915. The van der Waals surface area contributed by atoms with Gasteiger partial charge in [0.1, 0.15) is 12.1 Å². The predicted molar refractivity (Wildman–Crippen MR) is 175 cm³/mol. The Kier molecular flexibility index (Phi) is 9.83. The van der Waals surface area contributed by atoms with Crippen molar-refractivity contribution in [2.75, 3.05) is 10.6 Å². The number of imide groups is 3. The zero-order valence-electron chi connectivity index (χ0n) is 27.2. The van der Waals surface area contributed by atoms with Crippen molar-refractivity contribution in [3.63, 3.8) is 0 Å². The number of nitrogens with one attached hydrogen (secondary N) is 4. The number of unbranched alkanes of at least 4 members (excludes halogenated alkanes) is 4. The molecule has 2 unspecified atom stereocenters. The Hall–Kier alpha value is -5.73. The maximum Gasteiger partial charge on any atom is 0.264 e. The first kappa shape index (κ1) is 34.1. The van der Waals surface area contributed by atoms with Crippen LogP contribution in [0.4, 0.5) is 11.4 Å². The first-order chi connectivity index (χ1) is 24.0. The monoisotopic (exact) mass is 684 g/mol. The van der Waals surface area contributed by atoms with Gasteiger partial charge >= 0.3 is 0 Å². The molecule has 260 valence electrons. The molecule has 4 heterocycles. The van der Waals surface area contributed by atoms with Crippen LogP contribution in [-0.2, 0) is 35.3 Å². The lowest BCUT2D eigenvalue weighted by Gasteiger charge is -2.29. The topological polar surface area (TPSA) is 208 Å². The van der Waals surface area contributed by atoms with Gasteiger partial charge in [-0.15, -0.1) is 0 Å². The van der Waals surface area contributed by atoms with Crippen LogP contribution < -0.4 is 21.3 Å². The van der Waals surface area contributed by atoms with Crippen LogP contribution in [0.3, 0.4) is 0 Å². The minimum atomic E-state index is -1.10. The largest absolute Gasteiger partial charge is 0.326 e. The van der Waals surface area contributed by atoms with Crippen molar-refractivity contribution in [2.24, 2.45) is 0 Å². The molecule has 0 spiro atoms. The van der Waals surface area contributed by atoms with Crippen LogP contribution >= 0.6 is 0 Å². The number of nitrogens with zero attached hydrogens (tertiary/aromatic N) is 2. The summed E-state index contributed by atoms with van der Waals surface area (Å²) in [6, 6.07) is 7.74. The molecule has 6 rings (SSSR count). The van der Waals surface area contributed by atoms with Crippen LogP contribution in [-0.4, -0.2) is 75.0 Å². The van der Waals surface area contributed by atoms with Gasteiger partial charge in [-0.25, -0.2) is 0 Å². The molecule has 4 aliphatic rings. The molecule has 4 N–H and O–H groups in total. The van der Waals surface area contributed by atoms with Gasteiger partial charge in [0.25, 0.3) is 17.7 Å². The normalized spacial score (nSPS) is 20.0. The molecule has 50 heavy (non-hydrogen) atoms. The van der Waals surface area contributed by atoms with Gasteiger partial charge in [0.15, 0.2) is 0 Å². The van der Waals surface area contributed by atoms with E-state index in [2.05, 4.69) is 21.3 Å². The second-order valence-electron chi connectivity index (χ2n) is 12.8. The number of benzene rings is 2. The number of rotatable bonds is 12. The lowest BCUT2D eigenvalue weighted by Crippen LogP contribution is -2.54. The molecule has 0 radical (unpaired) electrons. The molecule has 2 aromatic carbocycles. The van der Waals surface area contributed by atoms with Crippen LogP contribution in [0, 0.1) is 0 Å². The van der Waals surface area contributed by atoms with Crippen LogP contribution in [0.15, 0.2) is 36.4 Å². The lowest BCUT2D eigenvalue weighted by atomic mass is 10.0. The van der Waals surface area contributed by atoms with Gasteiger partial charge in [0.05, 0.1) is 16.8 Å². The third kappa shape index (κ3) is 6.88. The van der Waals surface area contributed by atoms with Crippen molar-refractivity contribution in [1.29, 1.82) is 0 Å². The number of anilines is 2. The maximum absolute atomic E-state index is 13.2. The summed E-state index contributed by atoms with van der Waals surface area (Å²) in [5.74, 6) is -4.22. The Morgan fingerprint density at radius 3 is 1.80 bits per heavy atom. The summed E-state index contributed by atoms with van der Waals surface area (Å²) in [7, 11) is 0. The average molecular weight is 685 g/mol. The van der Waals surface area contributed by atoms with E-state index < -0.39 is 41.6 Å². The summed E-state index contributed by atoms with van der Waals surface area (Å²) < 4.78 is 0. The van der Waals surface area contributed by atoms with E-state index in [0.29, 0.717) is 29.7 Å². The Labute approximate surface area is 286 Å². The molecule has 2 atom stereocenters. The summed E-state index contributed by atoms with van der Waals surface area (Å²) >= 11 is 0. The van der Waals surface area contributed by atoms with Crippen molar-refractivity contribution in [3.8, 4) is 0 Å². The smallest absolute Gasteiger partial charge is 0.264 e. The second-order valence-corrected chi connectivity index (χ2v) is 12.8. The zero-order valence-corrected chi connectivity index (χ0v) is 27.2. The van der Waals surface area contributed by atoms with E-state index in [0.717, 1.165) is 24.2 Å². The Morgan fingerprint density at radius 2 is 1.18 bits per heavy atom. The quantitative estimate of drug-likeness (QED) is 0.191. The summed E-state index contributed by atoms with van der Waals surface area (Å²) in [5, 5.41) is 10.0. The highest BCUT2D eigenvalue weighted by Gasteiger charge is 2.46. The minimum Gasteiger partial charge on any atom is -0.326 e. The number of hydrogen-bond acceptors (Lipinski definition) is 9. The van der Waals surface area contributed by atoms with Crippen LogP contribution in [0.2, 0.25) is 0 Å². The molecule has 2 aromatic rings. The van der Waals surface area contributed by atoms with Crippen molar-refractivity contribution in [1.82, 2.24) is 20.4 Å². The van der Waals surface area contributed by atoms with Gasteiger partial charge in [-0.05, 0) is 49.9 Å². The molecular weight excluding hydrogens is 648 g/mol. The molecule has 9 amide bonds. The fourth-order valence-electron chi connectivity index (χ4n) is 6.85. The zero-order chi connectivity index (χ0) is 35.5. The Bertz CT molecular complexity index is 1840. The van der Waals surface area contributed by atoms with Gasteiger partial charge < -0.3 is 15.5 Å². The number of amides is 9. The van der Waals surface area contributed by atoms with Crippen LogP contribution in [0.25, 0.3) is 0 Å². The van der Waals surface area contributed by atoms with Gasteiger partial charge in [0.2, 0.25) is 35.4 Å². The van der Waals surface area contributed by atoms with E-state index in [1.54, 1.807) is 24.3 Å². The molecule has 15 heteroatoms. The van der Waals surface area contributed by atoms with Crippen molar-refractivity contribution < 1.29 is 43.2 Å². The predicted octanol–water partition coefficient (Wildman–Crippen LogP) is 2.16. The summed E-state index contributed by atoms with van der Waals surface area (Å²) in [4.78, 5) is 115. The van der Waals surface area contributed by atoms with E-state index >= 15 is 0 Å². The third-order valence-electron chi connectivity index (χ3n) is 9.41. The van der Waals surface area contributed by atoms with Crippen molar-refractivity contribution >= 4 is 64.5 Å². The van der Waals surface area contributed by atoms with Gasteiger partial charge in [-0.2, -0.15) is 0 Å². The minimum absolute atomic E-state index is 0.00765.